The van der Waals surface area contributed by atoms with Gasteiger partial charge in [0.15, 0.2) is 0 Å². The van der Waals surface area contributed by atoms with Crippen molar-refractivity contribution in [1.82, 2.24) is 19.7 Å². The van der Waals surface area contributed by atoms with Gasteiger partial charge in [0.05, 0.1) is 28.7 Å². The lowest BCUT2D eigenvalue weighted by atomic mass is 9.88. The van der Waals surface area contributed by atoms with Gasteiger partial charge in [-0.15, -0.1) is 11.3 Å². The van der Waals surface area contributed by atoms with Crippen molar-refractivity contribution in [3.05, 3.63) is 105 Å². The first-order valence-corrected chi connectivity index (χ1v) is 15.3. The highest BCUT2D eigenvalue weighted by Gasteiger charge is 2.46. The molecule has 45 heavy (non-hydrogen) atoms. The van der Waals surface area contributed by atoms with Crippen molar-refractivity contribution in [3.8, 4) is 11.1 Å². The van der Waals surface area contributed by atoms with E-state index in [2.05, 4.69) is 15.5 Å². The van der Waals surface area contributed by atoms with Crippen LogP contribution >= 0.6 is 11.3 Å². The molecule has 0 spiro atoms. The monoisotopic (exact) mass is 631 g/mol. The van der Waals surface area contributed by atoms with Crippen molar-refractivity contribution in [2.75, 3.05) is 12.4 Å². The van der Waals surface area contributed by atoms with Gasteiger partial charge in [-0.2, -0.15) is 5.10 Å². The molecule has 12 heteroatoms. The Hall–Kier alpha value is -4.84. The molecule has 3 heterocycles. The molecular weight excluding hydrogens is 600 g/mol. The molecule has 2 aromatic carbocycles. The van der Waals surface area contributed by atoms with Crippen LogP contribution < -0.4 is 10.9 Å². The number of nitrogens with zero attached hydrogens (tertiary/aromatic N) is 3. The van der Waals surface area contributed by atoms with E-state index in [4.69, 9.17) is 4.74 Å². The molecule has 232 valence electrons. The number of benzene rings is 2. The number of hydrogen-bond acceptors (Lipinski definition) is 6. The topological polar surface area (TPSA) is 109 Å². The van der Waals surface area contributed by atoms with Gasteiger partial charge in [-0.3, -0.25) is 14.7 Å². The van der Waals surface area contributed by atoms with E-state index in [1.165, 1.54) is 33.2 Å². The van der Waals surface area contributed by atoms with E-state index in [1.54, 1.807) is 14.0 Å². The number of H-pyrrole nitrogens is 1. The average molecular weight is 632 g/mol. The first kappa shape index (κ1) is 30.2. The molecule has 1 fully saturated rings. The molecule has 1 aliphatic rings. The summed E-state index contributed by atoms with van der Waals surface area (Å²) in [4.78, 5) is 41.3. The summed E-state index contributed by atoms with van der Waals surface area (Å²) in [6.45, 7) is 2.29. The highest BCUT2D eigenvalue weighted by molar-refractivity contribution is 7.10. The summed E-state index contributed by atoms with van der Waals surface area (Å²) in [6, 6.07) is 18.5. The number of carbonyl (C=O) groups is 2. The Labute approximate surface area is 261 Å². The van der Waals surface area contributed by atoms with Crippen molar-refractivity contribution in [1.29, 1.82) is 0 Å². The van der Waals surface area contributed by atoms with Crippen molar-refractivity contribution in [2.24, 2.45) is 0 Å². The SMILES string of the molecule is C[C@@H](C(=O)Nc1cn(C2CC(F)(F)C2)c(=O)c2cn[nH]c12)c1cc(-c2ccccc2CN(C)C(=O)OCc2ccccc2)cs1. The summed E-state index contributed by atoms with van der Waals surface area (Å²) >= 11 is 1.43. The molecule has 1 atom stereocenters. The van der Waals surface area contributed by atoms with Crippen LogP contribution in [-0.4, -0.2) is 44.6 Å². The van der Waals surface area contributed by atoms with Gasteiger partial charge >= 0.3 is 6.09 Å². The van der Waals surface area contributed by atoms with Gasteiger partial charge in [-0.05, 0) is 40.6 Å². The third-order valence-corrected chi connectivity index (χ3v) is 9.17. The fourth-order valence-electron chi connectivity index (χ4n) is 5.43. The van der Waals surface area contributed by atoms with Crippen LogP contribution in [0.15, 0.2) is 83.2 Å². The first-order valence-electron chi connectivity index (χ1n) is 14.4. The number of ether oxygens (including phenoxy) is 1. The first-order chi connectivity index (χ1) is 21.6. The highest BCUT2D eigenvalue weighted by atomic mass is 32.1. The molecule has 0 saturated heterocycles. The fraction of sp³-hybridized carbons (Fsp3) is 0.273. The normalized spacial score (nSPS) is 14.9. The van der Waals surface area contributed by atoms with Crippen LogP contribution in [-0.2, 0) is 22.7 Å². The molecule has 2 N–H and O–H groups in total. The average Bonchev–Trinajstić information content (AvgIpc) is 3.72. The number of fused-ring (bicyclic) bond motifs is 1. The number of carbonyl (C=O) groups excluding carboxylic acids is 2. The Morgan fingerprint density at radius 3 is 2.67 bits per heavy atom. The van der Waals surface area contributed by atoms with Crippen LogP contribution in [0.25, 0.3) is 22.0 Å². The van der Waals surface area contributed by atoms with E-state index in [1.807, 2.05) is 66.0 Å². The Kier molecular flexibility index (Phi) is 8.24. The molecule has 1 saturated carbocycles. The molecule has 1 aliphatic carbocycles. The van der Waals surface area contributed by atoms with Crippen LogP contribution in [0.1, 0.15) is 47.7 Å². The molecule has 9 nitrogen and oxygen atoms in total. The van der Waals surface area contributed by atoms with E-state index in [0.29, 0.717) is 17.7 Å². The number of pyridine rings is 1. The number of hydrogen-bond donors (Lipinski definition) is 2. The Morgan fingerprint density at radius 1 is 1.18 bits per heavy atom. The zero-order valence-electron chi connectivity index (χ0n) is 24.6. The van der Waals surface area contributed by atoms with Crippen LogP contribution in [0.3, 0.4) is 0 Å². The molecular formula is C33H31F2N5O4S. The van der Waals surface area contributed by atoms with E-state index < -0.39 is 42.4 Å². The number of alkyl halides is 2. The quantitative estimate of drug-likeness (QED) is 0.183. The number of nitrogens with one attached hydrogen (secondary N) is 2. The van der Waals surface area contributed by atoms with Crippen molar-refractivity contribution >= 4 is 39.9 Å². The third-order valence-electron chi connectivity index (χ3n) is 8.05. The summed E-state index contributed by atoms with van der Waals surface area (Å²) in [7, 11) is 1.69. The molecule has 5 aromatic rings. The van der Waals surface area contributed by atoms with Crippen LogP contribution in [0.5, 0.6) is 0 Å². The number of anilines is 1. The summed E-state index contributed by atoms with van der Waals surface area (Å²) in [5.74, 6) is -3.68. The summed E-state index contributed by atoms with van der Waals surface area (Å²) in [6.07, 6.45) is 1.47. The minimum atomic E-state index is -2.80. The molecule has 2 amide bonds. The zero-order chi connectivity index (χ0) is 31.7. The molecule has 6 rings (SSSR count). The summed E-state index contributed by atoms with van der Waals surface area (Å²) < 4.78 is 33.9. The minimum absolute atomic E-state index is 0.183. The molecule has 0 bridgehead atoms. The second kappa shape index (κ2) is 12.3. The molecule has 0 radical (unpaired) electrons. The van der Waals surface area contributed by atoms with Crippen molar-refractivity contribution in [2.45, 2.75) is 50.8 Å². The maximum absolute atomic E-state index is 13.6. The van der Waals surface area contributed by atoms with Gasteiger partial charge in [0.2, 0.25) is 5.91 Å². The predicted molar refractivity (Wildman–Crippen MR) is 168 cm³/mol. The predicted octanol–water partition coefficient (Wildman–Crippen LogP) is 6.93. The van der Waals surface area contributed by atoms with Gasteiger partial charge in [0.25, 0.3) is 11.5 Å². The van der Waals surface area contributed by atoms with Crippen molar-refractivity contribution < 1.29 is 23.1 Å². The second-order valence-electron chi connectivity index (χ2n) is 11.3. The number of rotatable bonds is 9. The van der Waals surface area contributed by atoms with Gasteiger partial charge in [-0.25, -0.2) is 13.6 Å². The fourth-order valence-corrected chi connectivity index (χ4v) is 6.39. The zero-order valence-corrected chi connectivity index (χ0v) is 25.4. The summed E-state index contributed by atoms with van der Waals surface area (Å²) in [5.41, 5.74) is 3.88. The maximum Gasteiger partial charge on any atom is 0.410 e. The van der Waals surface area contributed by atoms with Crippen LogP contribution in [0.4, 0.5) is 19.3 Å². The van der Waals surface area contributed by atoms with E-state index in [9.17, 15) is 23.2 Å². The smallest absolute Gasteiger partial charge is 0.410 e. The standard InChI is InChI=1S/C33H31F2N5O4S/c1-20(30(41)37-27-17-40(24-13-33(34,35)14-24)31(42)26-15-36-38-29(26)27)28-12-23(19-45-28)25-11-7-6-10-22(25)16-39(2)32(43)44-18-21-8-4-3-5-9-21/h3-12,15,17,19-20,24H,13-14,16,18H2,1-2H3,(H,36,38)(H,37,41)/t20-/m1/s1. The Bertz CT molecular complexity index is 1910. The van der Waals surface area contributed by atoms with Gasteiger partial charge in [-0.1, -0.05) is 54.6 Å². The lowest BCUT2D eigenvalue weighted by molar-refractivity contribution is -0.117. The van der Waals surface area contributed by atoms with E-state index >= 15 is 0 Å². The number of aromatic nitrogens is 3. The highest BCUT2D eigenvalue weighted by Crippen LogP contribution is 2.45. The number of aromatic amines is 1. The number of thiophene rings is 1. The second-order valence-corrected chi connectivity index (χ2v) is 12.3. The number of amides is 2. The summed E-state index contributed by atoms with van der Waals surface area (Å²) in [5, 5.41) is 11.7. The van der Waals surface area contributed by atoms with Crippen LogP contribution in [0, 0.1) is 0 Å². The Morgan fingerprint density at radius 2 is 1.91 bits per heavy atom. The number of halogens is 2. The van der Waals surface area contributed by atoms with Gasteiger partial charge < -0.3 is 19.5 Å². The van der Waals surface area contributed by atoms with Crippen LogP contribution in [0.2, 0.25) is 0 Å². The largest absolute Gasteiger partial charge is 0.445 e. The van der Waals surface area contributed by atoms with E-state index in [0.717, 1.165) is 27.1 Å². The maximum atomic E-state index is 13.6. The van der Waals surface area contributed by atoms with E-state index in [-0.39, 0.29) is 17.9 Å². The molecule has 0 unspecified atom stereocenters. The lowest BCUT2D eigenvalue weighted by Crippen LogP contribution is -2.41. The molecule has 0 aliphatic heterocycles. The minimum Gasteiger partial charge on any atom is -0.445 e. The molecule has 3 aromatic heterocycles. The lowest BCUT2D eigenvalue weighted by Gasteiger charge is -2.36. The third kappa shape index (κ3) is 6.37. The van der Waals surface area contributed by atoms with Gasteiger partial charge in [0, 0.05) is 43.5 Å². The van der Waals surface area contributed by atoms with Crippen molar-refractivity contribution in [3.63, 3.8) is 0 Å². The Balaban J connectivity index is 1.16. The van der Waals surface area contributed by atoms with Gasteiger partial charge in [0.1, 0.15) is 6.61 Å².